The zero-order valence-electron chi connectivity index (χ0n) is 13.5. The number of hydrogen-bond donors (Lipinski definition) is 1. The van der Waals surface area contributed by atoms with Gasteiger partial charge in [-0.3, -0.25) is 4.68 Å². The molecular formula is C18H25N3. The molecule has 2 atom stereocenters. The molecule has 3 heteroatoms. The Hall–Kier alpha value is -1.61. The predicted molar refractivity (Wildman–Crippen MR) is 86.4 cm³/mol. The Bertz CT molecular complexity index is 642. The minimum atomic E-state index is 0.335. The Morgan fingerprint density at radius 2 is 2.10 bits per heavy atom. The molecule has 0 spiro atoms. The molecule has 0 aliphatic heterocycles. The third-order valence-corrected chi connectivity index (χ3v) is 4.75. The first-order chi connectivity index (χ1) is 10.1. The highest BCUT2D eigenvalue weighted by Crippen LogP contribution is 2.33. The number of hydrogen-bond acceptors (Lipinski definition) is 2. The molecule has 0 amide bonds. The normalized spacial score (nSPS) is 18.8. The maximum atomic E-state index is 4.65. The van der Waals surface area contributed by atoms with Crippen molar-refractivity contribution >= 4 is 0 Å². The highest BCUT2D eigenvalue weighted by molar-refractivity contribution is 5.35. The molecule has 1 aromatic heterocycles. The zero-order valence-corrected chi connectivity index (χ0v) is 13.5. The van der Waals surface area contributed by atoms with E-state index in [2.05, 4.69) is 67.1 Å². The van der Waals surface area contributed by atoms with Gasteiger partial charge >= 0.3 is 0 Å². The average molecular weight is 283 g/mol. The number of aryl methyl sites for hydroxylation is 3. The van der Waals surface area contributed by atoms with Crippen LogP contribution in [0.5, 0.6) is 0 Å². The Morgan fingerprint density at radius 3 is 2.81 bits per heavy atom. The van der Waals surface area contributed by atoms with Gasteiger partial charge in [0.2, 0.25) is 0 Å². The minimum Gasteiger partial charge on any atom is -0.303 e. The van der Waals surface area contributed by atoms with Crippen molar-refractivity contribution < 1.29 is 0 Å². The summed E-state index contributed by atoms with van der Waals surface area (Å²) in [6.07, 6.45) is 2.39. The van der Waals surface area contributed by atoms with Crippen LogP contribution in [0.15, 0.2) is 24.3 Å². The monoisotopic (exact) mass is 283 g/mol. The Balaban J connectivity index is 1.82. The van der Waals surface area contributed by atoms with Crippen LogP contribution >= 0.6 is 0 Å². The van der Waals surface area contributed by atoms with Crippen LogP contribution in [0, 0.1) is 13.8 Å². The molecule has 1 N–H and O–H groups in total. The summed E-state index contributed by atoms with van der Waals surface area (Å²) in [5.74, 6) is 0. The number of nitrogens with zero attached hydrogens (tertiary/aromatic N) is 2. The van der Waals surface area contributed by atoms with E-state index in [-0.39, 0.29) is 0 Å². The molecule has 0 radical (unpaired) electrons. The van der Waals surface area contributed by atoms with E-state index in [0.29, 0.717) is 12.1 Å². The van der Waals surface area contributed by atoms with E-state index in [4.69, 9.17) is 0 Å². The highest BCUT2D eigenvalue weighted by atomic mass is 15.3. The van der Waals surface area contributed by atoms with E-state index in [1.165, 1.54) is 35.2 Å². The quantitative estimate of drug-likeness (QED) is 0.923. The lowest BCUT2D eigenvalue weighted by atomic mass is 10.0. The molecule has 2 unspecified atom stereocenters. The summed E-state index contributed by atoms with van der Waals surface area (Å²) < 4.78 is 2.10. The van der Waals surface area contributed by atoms with Gasteiger partial charge in [-0.15, -0.1) is 0 Å². The van der Waals surface area contributed by atoms with Crippen LogP contribution < -0.4 is 5.32 Å². The lowest BCUT2D eigenvalue weighted by molar-refractivity contribution is 0.462. The van der Waals surface area contributed by atoms with E-state index in [9.17, 15) is 0 Å². The fourth-order valence-corrected chi connectivity index (χ4v) is 3.76. The van der Waals surface area contributed by atoms with Crippen molar-refractivity contribution in [2.45, 2.75) is 59.2 Å². The molecule has 2 aromatic rings. The van der Waals surface area contributed by atoms with Crippen LogP contribution in [-0.4, -0.2) is 9.78 Å². The maximum Gasteiger partial charge on any atom is 0.0644 e. The van der Waals surface area contributed by atoms with E-state index < -0.39 is 0 Å². The zero-order chi connectivity index (χ0) is 15.0. The summed E-state index contributed by atoms with van der Waals surface area (Å²) in [6, 6.07) is 9.62. The van der Waals surface area contributed by atoms with Gasteiger partial charge in [-0.05, 0) is 51.7 Å². The standard InChI is InChI=1S/C18H25N3/c1-5-21-14(4)18(13(3)20-21)12(2)19-17-11-10-15-8-6-7-9-16(15)17/h6-9,12,17,19H,5,10-11H2,1-4H3. The lowest BCUT2D eigenvalue weighted by Crippen LogP contribution is -2.24. The van der Waals surface area contributed by atoms with Gasteiger partial charge in [-0.25, -0.2) is 0 Å². The molecule has 0 fully saturated rings. The molecule has 0 saturated heterocycles. The molecular weight excluding hydrogens is 258 g/mol. The molecule has 1 aromatic carbocycles. The molecule has 1 heterocycles. The van der Waals surface area contributed by atoms with Gasteiger partial charge in [0.15, 0.2) is 0 Å². The lowest BCUT2D eigenvalue weighted by Gasteiger charge is -2.21. The van der Waals surface area contributed by atoms with Crippen molar-refractivity contribution in [1.82, 2.24) is 15.1 Å². The second-order valence-electron chi connectivity index (χ2n) is 6.08. The number of nitrogens with one attached hydrogen (secondary N) is 1. The number of benzene rings is 1. The van der Waals surface area contributed by atoms with Crippen molar-refractivity contribution in [3.63, 3.8) is 0 Å². The van der Waals surface area contributed by atoms with Gasteiger partial charge in [0.25, 0.3) is 0 Å². The molecule has 1 aliphatic rings. The van der Waals surface area contributed by atoms with E-state index in [1.807, 2.05) is 0 Å². The van der Waals surface area contributed by atoms with Crippen LogP contribution in [0.25, 0.3) is 0 Å². The summed E-state index contributed by atoms with van der Waals surface area (Å²) in [5, 5.41) is 8.46. The van der Waals surface area contributed by atoms with E-state index >= 15 is 0 Å². The summed E-state index contributed by atoms with van der Waals surface area (Å²) in [6.45, 7) is 9.65. The van der Waals surface area contributed by atoms with Crippen LogP contribution in [0.3, 0.4) is 0 Å². The summed E-state index contributed by atoms with van der Waals surface area (Å²) >= 11 is 0. The van der Waals surface area contributed by atoms with Gasteiger partial charge in [-0.2, -0.15) is 5.10 Å². The molecule has 0 bridgehead atoms. The number of fused-ring (bicyclic) bond motifs is 1. The van der Waals surface area contributed by atoms with Crippen molar-refractivity contribution in [2.75, 3.05) is 0 Å². The summed E-state index contributed by atoms with van der Waals surface area (Å²) in [4.78, 5) is 0. The maximum absolute atomic E-state index is 4.65. The second-order valence-corrected chi connectivity index (χ2v) is 6.08. The fraction of sp³-hybridized carbons (Fsp3) is 0.500. The van der Waals surface area contributed by atoms with Gasteiger partial charge in [0.05, 0.1) is 5.69 Å². The van der Waals surface area contributed by atoms with Crippen LogP contribution in [0.2, 0.25) is 0 Å². The van der Waals surface area contributed by atoms with Crippen molar-refractivity contribution in [1.29, 1.82) is 0 Å². The van der Waals surface area contributed by atoms with Crippen LogP contribution in [0.1, 0.15) is 60.4 Å². The first kappa shape index (κ1) is 14.3. The predicted octanol–water partition coefficient (Wildman–Crippen LogP) is 3.86. The SMILES string of the molecule is CCn1nc(C)c(C(C)NC2CCc3ccccc32)c1C. The largest absolute Gasteiger partial charge is 0.303 e. The summed E-state index contributed by atoms with van der Waals surface area (Å²) in [5.41, 5.74) is 6.78. The Kier molecular flexibility index (Phi) is 3.85. The molecule has 1 aliphatic carbocycles. The smallest absolute Gasteiger partial charge is 0.0644 e. The second kappa shape index (κ2) is 5.64. The third kappa shape index (κ3) is 2.51. The van der Waals surface area contributed by atoms with E-state index in [0.717, 1.165) is 12.2 Å². The first-order valence-electron chi connectivity index (χ1n) is 7.99. The van der Waals surface area contributed by atoms with Crippen molar-refractivity contribution in [2.24, 2.45) is 0 Å². The molecule has 0 saturated carbocycles. The molecule has 3 rings (SSSR count). The number of aromatic nitrogens is 2. The van der Waals surface area contributed by atoms with Gasteiger partial charge < -0.3 is 5.32 Å². The average Bonchev–Trinajstić information content (AvgIpc) is 3.00. The highest BCUT2D eigenvalue weighted by Gasteiger charge is 2.25. The van der Waals surface area contributed by atoms with Gasteiger partial charge in [-0.1, -0.05) is 24.3 Å². The number of rotatable bonds is 4. The van der Waals surface area contributed by atoms with Gasteiger partial charge in [0, 0.05) is 29.9 Å². The Morgan fingerprint density at radius 1 is 1.33 bits per heavy atom. The van der Waals surface area contributed by atoms with Crippen LogP contribution in [0.4, 0.5) is 0 Å². The Labute approximate surface area is 127 Å². The van der Waals surface area contributed by atoms with E-state index in [1.54, 1.807) is 0 Å². The van der Waals surface area contributed by atoms with Crippen LogP contribution in [-0.2, 0) is 13.0 Å². The fourth-order valence-electron chi connectivity index (χ4n) is 3.76. The van der Waals surface area contributed by atoms with Crippen molar-refractivity contribution in [3.05, 3.63) is 52.3 Å². The van der Waals surface area contributed by atoms with Crippen molar-refractivity contribution in [3.8, 4) is 0 Å². The summed E-state index contributed by atoms with van der Waals surface area (Å²) in [7, 11) is 0. The molecule has 21 heavy (non-hydrogen) atoms. The third-order valence-electron chi connectivity index (χ3n) is 4.75. The first-order valence-corrected chi connectivity index (χ1v) is 7.99. The van der Waals surface area contributed by atoms with Gasteiger partial charge in [0.1, 0.15) is 0 Å². The molecule has 3 nitrogen and oxygen atoms in total. The topological polar surface area (TPSA) is 29.9 Å². The molecule has 112 valence electrons. The minimum absolute atomic E-state index is 0.335.